The van der Waals surface area contributed by atoms with Gasteiger partial charge in [-0.2, -0.15) is 23.1 Å². The van der Waals surface area contributed by atoms with Crippen LogP contribution >= 0.6 is 0 Å². The summed E-state index contributed by atoms with van der Waals surface area (Å²) in [7, 11) is 0. The van der Waals surface area contributed by atoms with Gasteiger partial charge in [0.2, 0.25) is 0 Å². The average molecular weight is 451 g/mol. The number of rotatable bonds is 0. The summed E-state index contributed by atoms with van der Waals surface area (Å²) in [5.41, 5.74) is 2.81. The van der Waals surface area contributed by atoms with Crippen molar-refractivity contribution >= 4 is 28.4 Å². The van der Waals surface area contributed by atoms with E-state index in [1.165, 1.54) is 32.7 Å². The summed E-state index contributed by atoms with van der Waals surface area (Å²) in [5.74, 6) is 0. The molecule has 4 aromatic carbocycles. The Balaban J connectivity index is 0.000000376. The smallest absolute Gasteiger partial charge is 0.0809 e. The van der Waals surface area contributed by atoms with Crippen molar-refractivity contribution in [2.75, 3.05) is 0 Å². The molecule has 0 aliphatic heterocycles. The molecule has 4 heteroatoms. The van der Waals surface area contributed by atoms with Gasteiger partial charge in [0.1, 0.15) is 0 Å². The van der Waals surface area contributed by atoms with Gasteiger partial charge in [-0.25, -0.2) is 0 Å². The van der Waals surface area contributed by atoms with Gasteiger partial charge in [-0.05, 0) is 0 Å². The van der Waals surface area contributed by atoms with Gasteiger partial charge in [-0.1, -0.05) is 26.0 Å². The Morgan fingerprint density at radius 1 is 0.792 bits per heavy atom. The molecule has 0 aromatic heterocycles. The van der Waals surface area contributed by atoms with E-state index >= 15 is 0 Å². The van der Waals surface area contributed by atoms with Crippen LogP contribution in [0.4, 0.5) is 0 Å². The van der Waals surface area contributed by atoms with Crippen LogP contribution in [0.1, 0.15) is 11.1 Å². The molecule has 0 unspecified atom stereocenters. The molecule has 0 saturated heterocycles. The zero-order valence-corrected chi connectivity index (χ0v) is 19.3. The normalized spacial score (nSPS) is 9.00. The first-order chi connectivity index (χ1) is 10.8. The van der Waals surface area contributed by atoms with Crippen molar-refractivity contribution in [1.82, 2.24) is 0 Å². The number of halogens is 2. The minimum atomic E-state index is 0. The summed E-state index contributed by atoms with van der Waals surface area (Å²) < 4.78 is 0. The predicted octanol–water partition coefficient (Wildman–Crippen LogP) is -1.18. The summed E-state index contributed by atoms with van der Waals surface area (Å²) in [6.07, 6.45) is 0. The molecule has 0 N–H and O–H groups in total. The fourth-order valence-corrected chi connectivity index (χ4v) is 2.59. The molecule has 4 rings (SSSR count). The molecular weight excluding hydrogens is 430 g/mol. The Morgan fingerprint density at radius 2 is 1.38 bits per heavy atom. The SMILES string of the molecule is Cc1[cH-]c2ccccc2c1C.[Cl-].[Cl-].[SiH2]=[Zr+2].c1ccc2[cH-]ccc2c1. The van der Waals surface area contributed by atoms with Gasteiger partial charge in [0.25, 0.3) is 0 Å². The van der Waals surface area contributed by atoms with Crippen LogP contribution in [0, 0.1) is 13.8 Å². The maximum atomic E-state index is 2.24. The van der Waals surface area contributed by atoms with E-state index in [4.69, 9.17) is 0 Å². The van der Waals surface area contributed by atoms with Gasteiger partial charge in [0.15, 0.2) is 0 Å². The summed E-state index contributed by atoms with van der Waals surface area (Å²) in [6, 6.07) is 25.4. The van der Waals surface area contributed by atoms with E-state index < -0.39 is 0 Å². The van der Waals surface area contributed by atoms with Gasteiger partial charge in [0.05, 0.1) is 0 Å². The van der Waals surface area contributed by atoms with Crippen LogP contribution in [0.25, 0.3) is 21.5 Å². The first kappa shape index (κ1) is 23.3. The average Bonchev–Trinajstić information content (AvgIpc) is 3.16. The largest absolute Gasteiger partial charge is 0.168 e. The number of aryl methyl sites for hydroxylation is 2. The van der Waals surface area contributed by atoms with Gasteiger partial charge in [-0.15, -0.1) is 70.3 Å². The second kappa shape index (κ2) is 11.8. The second-order valence-electron chi connectivity index (χ2n) is 5.19. The third kappa shape index (κ3) is 5.70. The molecule has 0 radical (unpaired) electrons. The Kier molecular flexibility index (Phi) is 11.5. The predicted molar refractivity (Wildman–Crippen MR) is 97.1 cm³/mol. The van der Waals surface area contributed by atoms with E-state index in [1.807, 2.05) is 6.88 Å². The minimum Gasteiger partial charge on any atom is -0.168 e. The molecular formula is C20H20Cl2SiZr-2. The molecule has 24 heavy (non-hydrogen) atoms. The van der Waals surface area contributed by atoms with Crippen molar-refractivity contribution < 1.29 is 48.1 Å². The quantitative estimate of drug-likeness (QED) is 0.234. The van der Waals surface area contributed by atoms with Crippen molar-refractivity contribution in [3.05, 3.63) is 83.9 Å². The van der Waals surface area contributed by atoms with Gasteiger partial charge >= 0.3 is 30.2 Å². The minimum absolute atomic E-state index is 0. The molecule has 0 amide bonds. The molecule has 0 aliphatic carbocycles. The van der Waals surface area contributed by atoms with E-state index in [2.05, 4.69) is 86.6 Å². The summed E-state index contributed by atoms with van der Waals surface area (Å²) in [4.78, 5) is 0. The van der Waals surface area contributed by atoms with E-state index in [9.17, 15) is 0 Å². The first-order valence-electron chi connectivity index (χ1n) is 7.33. The number of benzene rings is 2. The maximum Gasteiger partial charge on any atom is -0.0809 e. The van der Waals surface area contributed by atoms with Crippen LogP contribution in [-0.4, -0.2) is 6.88 Å². The van der Waals surface area contributed by atoms with Crippen LogP contribution in [0.3, 0.4) is 0 Å². The molecule has 0 fully saturated rings. The molecule has 0 aliphatic rings. The van der Waals surface area contributed by atoms with Crippen molar-refractivity contribution in [2.45, 2.75) is 13.8 Å². The fraction of sp³-hybridized carbons (Fsp3) is 0.100. The third-order valence-electron chi connectivity index (χ3n) is 3.88. The number of fused-ring (bicyclic) bond motifs is 2. The first-order valence-corrected chi connectivity index (χ1v) is 13.3. The Labute approximate surface area is 173 Å². The van der Waals surface area contributed by atoms with Crippen LogP contribution in [0.5, 0.6) is 0 Å². The molecule has 0 saturated carbocycles. The summed E-state index contributed by atoms with van der Waals surface area (Å²) in [6.45, 7) is 6.29. The molecule has 0 atom stereocenters. The molecule has 4 aromatic rings. The number of hydrogen-bond acceptors (Lipinski definition) is 0. The zero-order valence-electron chi connectivity index (χ0n) is 13.9. The zero-order chi connectivity index (χ0) is 15.9. The van der Waals surface area contributed by atoms with E-state index in [0.717, 1.165) is 0 Å². The third-order valence-corrected chi connectivity index (χ3v) is 3.88. The maximum absolute atomic E-state index is 2.24. The second-order valence-corrected chi connectivity index (χ2v) is 5.19. The standard InChI is InChI=1S/C11H11.C9H7.2ClH.H2Si.Zr/c1-8-7-10-5-3-4-6-11(10)9(8)2;1-2-5-9-7-3-6-8(9)4-1;;;;/h3-7H,1-2H3;1-7H;2*1H;1H2;/q2*-1;;;;+2/p-2. The van der Waals surface area contributed by atoms with Crippen molar-refractivity contribution in [1.29, 1.82) is 0 Å². The Morgan fingerprint density at radius 3 is 2.00 bits per heavy atom. The monoisotopic (exact) mass is 448 g/mol. The van der Waals surface area contributed by atoms with Gasteiger partial charge in [-0.3, -0.25) is 0 Å². The van der Waals surface area contributed by atoms with E-state index in [1.54, 1.807) is 23.3 Å². The molecule has 0 bridgehead atoms. The van der Waals surface area contributed by atoms with Crippen LogP contribution < -0.4 is 24.8 Å². The van der Waals surface area contributed by atoms with Crippen molar-refractivity contribution in [2.24, 2.45) is 0 Å². The van der Waals surface area contributed by atoms with Crippen molar-refractivity contribution in [3.63, 3.8) is 0 Å². The summed E-state index contributed by atoms with van der Waals surface area (Å²) in [5, 5.41) is 5.42. The molecule has 124 valence electrons. The Hall–Kier alpha value is -0.660. The molecule has 0 nitrogen and oxygen atoms in total. The molecule has 0 spiro atoms. The molecule has 0 heterocycles. The fourth-order valence-electron chi connectivity index (χ4n) is 2.59. The van der Waals surface area contributed by atoms with Gasteiger partial charge < -0.3 is 24.8 Å². The van der Waals surface area contributed by atoms with Crippen molar-refractivity contribution in [3.8, 4) is 0 Å². The van der Waals surface area contributed by atoms with E-state index in [-0.39, 0.29) is 24.8 Å². The van der Waals surface area contributed by atoms with Crippen LogP contribution in [0.15, 0.2) is 72.8 Å². The van der Waals surface area contributed by atoms with Gasteiger partial charge in [0, 0.05) is 0 Å². The topological polar surface area (TPSA) is 0 Å². The Bertz CT molecular complexity index is 834. The van der Waals surface area contributed by atoms with E-state index in [0.29, 0.717) is 0 Å². The van der Waals surface area contributed by atoms with Crippen LogP contribution in [0.2, 0.25) is 0 Å². The summed E-state index contributed by atoms with van der Waals surface area (Å²) >= 11 is 1.58. The number of hydrogen-bond donors (Lipinski definition) is 0. The van der Waals surface area contributed by atoms with Crippen LogP contribution in [-0.2, 0) is 23.3 Å².